The predicted octanol–water partition coefficient (Wildman–Crippen LogP) is 0.589. The monoisotopic (exact) mass is 320 g/mol. The van der Waals surface area contributed by atoms with Crippen molar-refractivity contribution in [1.82, 2.24) is 19.5 Å². The zero-order valence-corrected chi connectivity index (χ0v) is 12.6. The maximum absolute atomic E-state index is 12.2. The highest BCUT2D eigenvalue weighted by molar-refractivity contribution is 7.93. The van der Waals surface area contributed by atoms with Crippen molar-refractivity contribution in [2.75, 3.05) is 0 Å². The number of aliphatic hydroxyl groups is 1. The third-order valence-corrected chi connectivity index (χ3v) is 7.44. The van der Waals surface area contributed by atoms with Crippen LogP contribution in [-0.4, -0.2) is 43.5 Å². The molecular formula is C14H16N4O3S. The molecule has 2 aromatic rings. The number of fused-ring (bicyclic) bond motifs is 2. The van der Waals surface area contributed by atoms with Crippen LogP contribution in [0.4, 0.5) is 0 Å². The number of hydrogen-bond acceptors (Lipinski definition) is 6. The quantitative estimate of drug-likeness (QED) is 0.869. The lowest BCUT2D eigenvalue weighted by molar-refractivity contribution is 0.0166. The fraction of sp³-hybridized carbons (Fsp3) is 0.500. The summed E-state index contributed by atoms with van der Waals surface area (Å²) in [6.45, 7) is 0. The maximum atomic E-state index is 12.2. The molecule has 22 heavy (non-hydrogen) atoms. The van der Waals surface area contributed by atoms with Crippen LogP contribution in [0.15, 0.2) is 31.1 Å². The van der Waals surface area contributed by atoms with Crippen molar-refractivity contribution in [2.24, 2.45) is 0 Å². The first-order valence-electron chi connectivity index (χ1n) is 7.25. The molecule has 2 aliphatic rings. The number of sulfone groups is 1. The molecule has 0 aromatic carbocycles. The molecule has 2 unspecified atom stereocenters. The topological polar surface area (TPSA) is 98.0 Å². The first-order chi connectivity index (χ1) is 10.5. The lowest BCUT2D eigenvalue weighted by atomic mass is 9.88. The van der Waals surface area contributed by atoms with Crippen molar-refractivity contribution >= 4 is 9.84 Å². The van der Waals surface area contributed by atoms with Crippen LogP contribution in [0.25, 0.3) is 5.95 Å². The van der Waals surface area contributed by atoms with E-state index in [0.29, 0.717) is 24.4 Å². The van der Waals surface area contributed by atoms with E-state index < -0.39 is 25.9 Å². The molecule has 0 saturated carbocycles. The first kappa shape index (κ1) is 13.8. The van der Waals surface area contributed by atoms with Gasteiger partial charge in [-0.3, -0.25) is 4.57 Å². The van der Waals surface area contributed by atoms with Crippen molar-refractivity contribution in [1.29, 1.82) is 0 Å². The molecule has 0 spiro atoms. The van der Waals surface area contributed by atoms with E-state index in [-0.39, 0.29) is 12.8 Å². The summed E-state index contributed by atoms with van der Waals surface area (Å²) in [5, 5.41) is 10.0. The van der Waals surface area contributed by atoms with E-state index in [9.17, 15) is 13.5 Å². The fourth-order valence-corrected chi connectivity index (χ4v) is 6.04. The van der Waals surface area contributed by atoms with Crippen LogP contribution < -0.4 is 0 Å². The van der Waals surface area contributed by atoms with Gasteiger partial charge in [0.25, 0.3) is 0 Å². The summed E-state index contributed by atoms with van der Waals surface area (Å²) < 4.78 is 26.0. The van der Waals surface area contributed by atoms with Crippen molar-refractivity contribution < 1.29 is 13.5 Å². The molecule has 2 aromatic heterocycles. The molecule has 2 fully saturated rings. The SMILES string of the molecule is O=S1(=O)C2CCC1CC(O)(c1cnc(-n3ccnc3)nc1)C2. The van der Waals surface area contributed by atoms with Crippen LogP contribution in [-0.2, 0) is 15.4 Å². The maximum Gasteiger partial charge on any atom is 0.234 e. The number of imidazole rings is 1. The molecule has 4 rings (SSSR count). The highest BCUT2D eigenvalue weighted by Crippen LogP contribution is 2.47. The second kappa shape index (κ2) is 4.60. The van der Waals surface area contributed by atoms with Crippen molar-refractivity contribution in [3.05, 3.63) is 36.7 Å². The number of aromatic nitrogens is 4. The Morgan fingerprint density at radius 1 is 1.18 bits per heavy atom. The Bertz CT molecular complexity index is 766. The van der Waals surface area contributed by atoms with Crippen LogP contribution in [0.3, 0.4) is 0 Å². The molecule has 0 amide bonds. The molecule has 2 bridgehead atoms. The van der Waals surface area contributed by atoms with Crippen molar-refractivity contribution in [3.63, 3.8) is 0 Å². The molecule has 0 aliphatic carbocycles. The summed E-state index contributed by atoms with van der Waals surface area (Å²) in [4.78, 5) is 12.4. The van der Waals surface area contributed by atoms with Gasteiger partial charge in [0.1, 0.15) is 6.33 Å². The molecule has 8 heteroatoms. The fourth-order valence-electron chi connectivity index (χ4n) is 3.55. The Balaban J connectivity index is 1.65. The molecule has 4 heterocycles. The van der Waals surface area contributed by atoms with Crippen LogP contribution >= 0.6 is 0 Å². The molecule has 7 nitrogen and oxygen atoms in total. The summed E-state index contributed by atoms with van der Waals surface area (Å²) in [5.41, 5.74) is -0.562. The van der Waals surface area contributed by atoms with Gasteiger partial charge in [-0.15, -0.1) is 0 Å². The van der Waals surface area contributed by atoms with Gasteiger partial charge < -0.3 is 5.11 Å². The predicted molar refractivity (Wildman–Crippen MR) is 78.0 cm³/mol. The minimum atomic E-state index is -3.06. The average Bonchev–Trinajstić information content (AvgIpc) is 3.06. The van der Waals surface area contributed by atoms with Gasteiger partial charge in [0.2, 0.25) is 5.95 Å². The van der Waals surface area contributed by atoms with Gasteiger partial charge in [-0.25, -0.2) is 23.4 Å². The minimum Gasteiger partial charge on any atom is -0.385 e. The molecule has 2 aliphatic heterocycles. The van der Waals surface area contributed by atoms with Crippen LogP contribution in [0.5, 0.6) is 0 Å². The Hall–Kier alpha value is -1.80. The largest absolute Gasteiger partial charge is 0.385 e. The van der Waals surface area contributed by atoms with Gasteiger partial charge >= 0.3 is 0 Å². The van der Waals surface area contributed by atoms with E-state index in [4.69, 9.17) is 0 Å². The third-order valence-electron chi connectivity index (χ3n) is 4.78. The lowest BCUT2D eigenvalue weighted by Crippen LogP contribution is -2.43. The molecule has 2 saturated heterocycles. The van der Waals surface area contributed by atoms with Crippen molar-refractivity contribution in [2.45, 2.75) is 41.8 Å². The van der Waals surface area contributed by atoms with E-state index in [2.05, 4.69) is 15.0 Å². The van der Waals surface area contributed by atoms with Crippen LogP contribution in [0, 0.1) is 0 Å². The third kappa shape index (κ3) is 1.98. The summed E-state index contributed by atoms with van der Waals surface area (Å²) in [7, 11) is -3.06. The Morgan fingerprint density at radius 3 is 2.36 bits per heavy atom. The molecular weight excluding hydrogens is 304 g/mol. The van der Waals surface area contributed by atoms with Gasteiger partial charge in [-0.05, 0) is 25.7 Å². The van der Waals surface area contributed by atoms with E-state index in [0.717, 1.165) is 0 Å². The average molecular weight is 320 g/mol. The Labute approximate surface area is 128 Å². The van der Waals surface area contributed by atoms with E-state index in [1.54, 1.807) is 35.7 Å². The Kier molecular flexibility index (Phi) is 2.89. The standard InChI is InChI=1S/C14H16N4O3S/c19-14(5-11-1-2-12(6-14)22(11,20)21)10-7-16-13(17-8-10)18-4-3-15-9-18/h3-4,7-9,11-12,19H,1-2,5-6H2. The summed E-state index contributed by atoms with van der Waals surface area (Å²) in [6, 6.07) is 0. The first-order valence-corrected chi connectivity index (χ1v) is 8.86. The number of rotatable bonds is 2. The van der Waals surface area contributed by atoms with Crippen molar-refractivity contribution in [3.8, 4) is 5.95 Å². The van der Waals surface area contributed by atoms with Crippen LogP contribution in [0.2, 0.25) is 0 Å². The van der Waals surface area contributed by atoms with Gasteiger partial charge in [0.05, 0.1) is 16.1 Å². The van der Waals surface area contributed by atoms with Gasteiger partial charge in [-0.2, -0.15) is 0 Å². The smallest absolute Gasteiger partial charge is 0.234 e. The van der Waals surface area contributed by atoms with Gasteiger partial charge in [0.15, 0.2) is 9.84 Å². The highest BCUT2D eigenvalue weighted by atomic mass is 32.2. The summed E-state index contributed by atoms with van der Waals surface area (Å²) >= 11 is 0. The highest BCUT2D eigenvalue weighted by Gasteiger charge is 2.53. The molecule has 2 atom stereocenters. The number of nitrogens with zero attached hydrogens (tertiary/aromatic N) is 4. The minimum absolute atomic E-state index is 0.236. The normalized spacial score (nSPS) is 33.0. The number of hydrogen-bond donors (Lipinski definition) is 1. The zero-order chi connectivity index (χ0) is 15.4. The second-order valence-corrected chi connectivity index (χ2v) is 8.60. The zero-order valence-electron chi connectivity index (χ0n) is 11.8. The summed E-state index contributed by atoms with van der Waals surface area (Å²) in [5.74, 6) is 0.469. The summed E-state index contributed by atoms with van der Waals surface area (Å²) in [6.07, 6.45) is 9.88. The second-order valence-electron chi connectivity index (χ2n) is 6.09. The van der Waals surface area contributed by atoms with Crippen LogP contribution in [0.1, 0.15) is 31.2 Å². The Morgan fingerprint density at radius 2 is 1.82 bits per heavy atom. The van der Waals surface area contributed by atoms with Gasteiger partial charge in [-0.1, -0.05) is 0 Å². The molecule has 1 N–H and O–H groups in total. The van der Waals surface area contributed by atoms with Gasteiger partial charge in [0, 0.05) is 30.4 Å². The molecule has 116 valence electrons. The lowest BCUT2D eigenvalue weighted by Gasteiger charge is -2.36. The van der Waals surface area contributed by atoms with E-state index >= 15 is 0 Å². The van der Waals surface area contributed by atoms with E-state index in [1.165, 1.54) is 0 Å². The molecule has 0 radical (unpaired) electrons. The van der Waals surface area contributed by atoms with E-state index in [1.807, 2.05) is 0 Å².